The molecule has 10 nitrogen and oxygen atoms in total. The molecule has 6 rings (SSSR count). The molecule has 0 aliphatic carbocycles. The van der Waals surface area contributed by atoms with Crippen molar-refractivity contribution in [3.05, 3.63) is 66.8 Å². The molecule has 4 N–H and O–H groups in total. The van der Waals surface area contributed by atoms with Gasteiger partial charge in [-0.25, -0.2) is 23.7 Å². The molecule has 0 amide bonds. The molecule has 0 unspecified atom stereocenters. The number of benzene rings is 1. The molecule has 0 spiro atoms. The van der Waals surface area contributed by atoms with Gasteiger partial charge >= 0.3 is 0 Å². The van der Waals surface area contributed by atoms with Crippen molar-refractivity contribution in [1.82, 2.24) is 40.0 Å². The molecule has 1 aromatic carbocycles. The second-order valence-corrected chi connectivity index (χ2v) is 10.6. The molecule has 0 aliphatic rings. The van der Waals surface area contributed by atoms with Crippen LogP contribution in [0.25, 0.3) is 56.0 Å². The zero-order valence-corrected chi connectivity index (χ0v) is 23.6. The molecule has 0 fully saturated rings. The highest BCUT2D eigenvalue weighted by atomic mass is 19.1. The van der Waals surface area contributed by atoms with E-state index in [1.54, 1.807) is 24.7 Å². The van der Waals surface area contributed by atoms with Gasteiger partial charge in [0.05, 0.1) is 16.6 Å². The third-order valence-electron chi connectivity index (χ3n) is 6.75. The number of nitrogens with zero attached hydrogens (tertiary/aromatic N) is 6. The molecular formula is C30H30F2N10. The van der Waals surface area contributed by atoms with E-state index >= 15 is 4.39 Å². The largest absolute Gasteiger partial charge is 0.384 e. The summed E-state index contributed by atoms with van der Waals surface area (Å²) in [6.45, 7) is 5.50. The smallest absolute Gasteiger partial charge is 0.184 e. The zero-order chi connectivity index (χ0) is 29.4. The summed E-state index contributed by atoms with van der Waals surface area (Å²) >= 11 is 0. The summed E-state index contributed by atoms with van der Waals surface area (Å²) in [6, 6.07) is 8.62. The fourth-order valence-corrected chi connectivity index (χ4v) is 4.86. The fourth-order valence-electron chi connectivity index (χ4n) is 4.86. The number of fused-ring (bicyclic) bond motifs is 2. The first-order valence-corrected chi connectivity index (χ1v) is 13.6. The molecular weight excluding hydrogens is 538 g/mol. The maximum absolute atomic E-state index is 16.1. The maximum Gasteiger partial charge on any atom is 0.184 e. The molecule has 5 heterocycles. The van der Waals surface area contributed by atoms with Crippen LogP contribution in [0.5, 0.6) is 0 Å². The number of imidazole rings is 1. The number of hydrogen-bond donors (Lipinski definition) is 4. The summed E-state index contributed by atoms with van der Waals surface area (Å²) in [5.74, 6) is -0.536. The molecule has 0 bridgehead atoms. The van der Waals surface area contributed by atoms with E-state index in [0.29, 0.717) is 51.6 Å². The molecule has 214 valence electrons. The van der Waals surface area contributed by atoms with Crippen molar-refractivity contribution in [2.24, 2.45) is 0 Å². The van der Waals surface area contributed by atoms with Crippen LogP contribution in [0.2, 0.25) is 0 Å². The quantitative estimate of drug-likeness (QED) is 0.175. The van der Waals surface area contributed by atoms with Gasteiger partial charge in [0.2, 0.25) is 0 Å². The van der Waals surface area contributed by atoms with E-state index in [0.717, 1.165) is 12.2 Å². The first-order valence-electron chi connectivity index (χ1n) is 13.6. The van der Waals surface area contributed by atoms with E-state index in [1.165, 1.54) is 18.3 Å². The van der Waals surface area contributed by atoms with Crippen molar-refractivity contribution in [3.8, 4) is 33.8 Å². The summed E-state index contributed by atoms with van der Waals surface area (Å²) in [7, 11) is 3.96. The van der Waals surface area contributed by atoms with Crippen molar-refractivity contribution in [2.45, 2.75) is 19.9 Å². The van der Waals surface area contributed by atoms with E-state index in [2.05, 4.69) is 45.8 Å². The summed E-state index contributed by atoms with van der Waals surface area (Å²) in [5.41, 5.74) is 5.19. The second kappa shape index (κ2) is 11.1. The number of pyridine rings is 3. The van der Waals surface area contributed by atoms with Gasteiger partial charge in [-0.05, 0) is 63.8 Å². The van der Waals surface area contributed by atoms with Crippen LogP contribution in [0, 0.1) is 11.6 Å². The fraction of sp³-hybridized carbons (Fsp3) is 0.233. The van der Waals surface area contributed by atoms with Gasteiger partial charge < -0.3 is 20.5 Å². The molecule has 42 heavy (non-hydrogen) atoms. The number of H-pyrrole nitrogens is 2. The zero-order valence-electron chi connectivity index (χ0n) is 23.6. The first kappa shape index (κ1) is 27.2. The highest BCUT2D eigenvalue weighted by molar-refractivity contribution is 5.96. The van der Waals surface area contributed by atoms with Crippen molar-refractivity contribution in [1.29, 1.82) is 0 Å². The van der Waals surface area contributed by atoms with Crippen molar-refractivity contribution >= 4 is 33.6 Å². The van der Waals surface area contributed by atoms with Crippen LogP contribution in [0.15, 0.2) is 55.1 Å². The minimum Gasteiger partial charge on any atom is -0.384 e. The Hall–Kier alpha value is -4.97. The number of hydrogen-bond acceptors (Lipinski definition) is 8. The van der Waals surface area contributed by atoms with Gasteiger partial charge in [-0.1, -0.05) is 0 Å². The van der Waals surface area contributed by atoms with E-state index in [9.17, 15) is 4.39 Å². The van der Waals surface area contributed by atoms with Gasteiger partial charge in [0.15, 0.2) is 17.1 Å². The highest BCUT2D eigenvalue weighted by Gasteiger charge is 2.21. The van der Waals surface area contributed by atoms with Crippen LogP contribution < -0.4 is 10.6 Å². The van der Waals surface area contributed by atoms with Gasteiger partial charge in [-0.15, -0.1) is 0 Å². The monoisotopic (exact) mass is 568 g/mol. The Kier molecular flexibility index (Phi) is 7.21. The standard InChI is InChI=1S/C30H30F2N10/c1-16(2)37-21-11-18(13-33-14-21)23-15-36-28-24(25(23)32)27(40-41-28)30-38-26-22(5-6-35-29(26)39-30)17-9-19(31)12-20(10-17)34-7-8-42(3)4/h5-6,9-16,34,37H,7-8H2,1-4H3,(H,35,38,39)(H,36,40,41). The summed E-state index contributed by atoms with van der Waals surface area (Å²) < 4.78 is 30.8. The average Bonchev–Trinajstić information content (AvgIpc) is 3.57. The molecule has 0 radical (unpaired) electrons. The Morgan fingerprint density at radius 1 is 0.929 bits per heavy atom. The Morgan fingerprint density at radius 3 is 2.57 bits per heavy atom. The number of rotatable bonds is 9. The van der Waals surface area contributed by atoms with E-state index in [-0.39, 0.29) is 28.5 Å². The van der Waals surface area contributed by atoms with E-state index in [1.807, 2.05) is 45.0 Å². The molecule has 0 atom stereocenters. The predicted molar refractivity (Wildman–Crippen MR) is 161 cm³/mol. The van der Waals surface area contributed by atoms with Gasteiger partial charge in [-0.2, -0.15) is 5.10 Å². The molecule has 0 saturated heterocycles. The summed E-state index contributed by atoms with van der Waals surface area (Å²) in [6.07, 6.45) is 6.35. The molecule has 0 aliphatic heterocycles. The minimum atomic E-state index is -0.501. The number of halogens is 2. The van der Waals surface area contributed by atoms with Crippen LogP contribution >= 0.6 is 0 Å². The van der Waals surface area contributed by atoms with Crippen LogP contribution in [0.4, 0.5) is 20.2 Å². The van der Waals surface area contributed by atoms with Crippen LogP contribution in [0.1, 0.15) is 13.8 Å². The maximum atomic E-state index is 16.1. The third kappa shape index (κ3) is 5.36. The lowest BCUT2D eigenvalue weighted by Gasteiger charge is -2.13. The highest BCUT2D eigenvalue weighted by Crippen LogP contribution is 2.35. The SMILES string of the molecule is CC(C)Nc1cncc(-c2cnc3n[nH]c(-c4nc5nccc(-c6cc(F)cc(NCCN(C)C)c6)c5[nH]4)c3c2F)c1. The van der Waals surface area contributed by atoms with Crippen LogP contribution in [-0.2, 0) is 0 Å². The third-order valence-corrected chi connectivity index (χ3v) is 6.75. The van der Waals surface area contributed by atoms with Crippen molar-refractivity contribution in [2.75, 3.05) is 37.8 Å². The molecule has 0 saturated carbocycles. The number of nitrogens with one attached hydrogen (secondary N) is 4. The Bertz CT molecular complexity index is 1890. The first-order chi connectivity index (χ1) is 20.3. The van der Waals surface area contributed by atoms with Crippen LogP contribution in [0.3, 0.4) is 0 Å². The lowest BCUT2D eigenvalue weighted by atomic mass is 10.0. The molecule has 6 aromatic rings. The number of aromatic nitrogens is 7. The Balaban J connectivity index is 1.41. The van der Waals surface area contributed by atoms with Crippen LogP contribution in [-0.4, -0.2) is 73.2 Å². The second-order valence-electron chi connectivity index (χ2n) is 10.6. The summed E-state index contributed by atoms with van der Waals surface area (Å²) in [4.78, 5) is 23.0. The molecule has 12 heteroatoms. The van der Waals surface area contributed by atoms with Gasteiger partial charge in [0.25, 0.3) is 0 Å². The number of anilines is 2. The van der Waals surface area contributed by atoms with Crippen molar-refractivity contribution < 1.29 is 8.78 Å². The number of aromatic amines is 2. The number of likely N-dealkylation sites (N-methyl/N-ethyl adjacent to an activating group) is 1. The predicted octanol–water partition coefficient (Wildman–Crippen LogP) is 5.70. The van der Waals surface area contributed by atoms with E-state index in [4.69, 9.17) is 0 Å². The topological polar surface area (TPSA) is 123 Å². The summed E-state index contributed by atoms with van der Waals surface area (Å²) in [5, 5.41) is 13.8. The Morgan fingerprint density at radius 2 is 1.76 bits per heavy atom. The normalized spacial score (nSPS) is 11.7. The van der Waals surface area contributed by atoms with Gasteiger partial charge in [0, 0.05) is 66.3 Å². The van der Waals surface area contributed by atoms with E-state index < -0.39 is 5.82 Å². The lowest BCUT2D eigenvalue weighted by molar-refractivity contribution is 0.425. The van der Waals surface area contributed by atoms with Gasteiger partial charge in [-0.3, -0.25) is 10.1 Å². The van der Waals surface area contributed by atoms with Gasteiger partial charge in [0.1, 0.15) is 17.3 Å². The average molecular weight is 569 g/mol. The molecule has 5 aromatic heterocycles. The Labute approximate surface area is 240 Å². The minimum absolute atomic E-state index is 0.188. The van der Waals surface area contributed by atoms with Crippen molar-refractivity contribution in [3.63, 3.8) is 0 Å². The lowest BCUT2D eigenvalue weighted by Crippen LogP contribution is -2.20.